The Morgan fingerprint density at radius 2 is 2.00 bits per heavy atom. The van der Waals surface area contributed by atoms with Crippen LogP contribution in [0.3, 0.4) is 0 Å². The molecule has 6 heteroatoms. The molecule has 108 valence electrons. The standard InChI is InChI=1S/C13H18BrF3N2/c1-3-19(8-9(2)7-18)12-5-4-10(6-11(12)14)13(15,16)17/h4-6,9H,3,7-8,18H2,1-2H3. The van der Waals surface area contributed by atoms with Gasteiger partial charge in [0, 0.05) is 17.6 Å². The summed E-state index contributed by atoms with van der Waals surface area (Å²) in [5.41, 5.74) is 5.70. The molecular formula is C13H18BrF3N2. The number of hydrogen-bond acceptors (Lipinski definition) is 2. The summed E-state index contributed by atoms with van der Waals surface area (Å²) in [7, 11) is 0. The second-order valence-electron chi connectivity index (χ2n) is 4.54. The van der Waals surface area contributed by atoms with Crippen LogP contribution in [0.2, 0.25) is 0 Å². The lowest BCUT2D eigenvalue weighted by atomic mass is 10.1. The Morgan fingerprint density at radius 1 is 1.37 bits per heavy atom. The van der Waals surface area contributed by atoms with Crippen LogP contribution in [-0.2, 0) is 6.18 Å². The van der Waals surface area contributed by atoms with Crippen molar-refractivity contribution in [2.24, 2.45) is 11.7 Å². The number of rotatable bonds is 5. The fraction of sp³-hybridized carbons (Fsp3) is 0.538. The van der Waals surface area contributed by atoms with Crippen molar-refractivity contribution in [3.8, 4) is 0 Å². The summed E-state index contributed by atoms with van der Waals surface area (Å²) in [6.45, 7) is 5.97. The van der Waals surface area contributed by atoms with Gasteiger partial charge < -0.3 is 10.6 Å². The summed E-state index contributed by atoms with van der Waals surface area (Å²) in [6, 6.07) is 3.72. The summed E-state index contributed by atoms with van der Waals surface area (Å²) in [5.74, 6) is 0.286. The second kappa shape index (κ2) is 6.61. The average molecular weight is 339 g/mol. The van der Waals surface area contributed by atoms with E-state index in [4.69, 9.17) is 5.73 Å². The van der Waals surface area contributed by atoms with Crippen molar-refractivity contribution in [1.29, 1.82) is 0 Å². The summed E-state index contributed by atoms with van der Waals surface area (Å²) in [5, 5.41) is 0. The van der Waals surface area contributed by atoms with Gasteiger partial charge in [-0.3, -0.25) is 0 Å². The molecule has 19 heavy (non-hydrogen) atoms. The van der Waals surface area contributed by atoms with Crippen LogP contribution in [0.5, 0.6) is 0 Å². The number of nitrogens with zero attached hydrogens (tertiary/aromatic N) is 1. The highest BCUT2D eigenvalue weighted by atomic mass is 79.9. The Hall–Kier alpha value is -0.750. The van der Waals surface area contributed by atoms with Crippen molar-refractivity contribution >= 4 is 21.6 Å². The lowest BCUT2D eigenvalue weighted by Gasteiger charge is -2.27. The van der Waals surface area contributed by atoms with Gasteiger partial charge >= 0.3 is 6.18 Å². The van der Waals surface area contributed by atoms with Crippen LogP contribution >= 0.6 is 15.9 Å². The fourth-order valence-corrected chi connectivity index (χ4v) is 2.42. The highest BCUT2D eigenvalue weighted by molar-refractivity contribution is 9.10. The molecule has 1 unspecified atom stereocenters. The van der Waals surface area contributed by atoms with E-state index in [0.29, 0.717) is 17.6 Å². The van der Waals surface area contributed by atoms with Gasteiger partial charge in [0.25, 0.3) is 0 Å². The third-order valence-corrected chi connectivity index (χ3v) is 3.57. The second-order valence-corrected chi connectivity index (χ2v) is 5.40. The minimum absolute atomic E-state index is 0.286. The quantitative estimate of drug-likeness (QED) is 0.882. The van der Waals surface area contributed by atoms with Crippen LogP contribution in [-0.4, -0.2) is 19.6 Å². The lowest BCUT2D eigenvalue weighted by Crippen LogP contribution is -2.31. The predicted molar refractivity (Wildman–Crippen MR) is 75.2 cm³/mol. The maximum absolute atomic E-state index is 12.6. The molecule has 0 aromatic heterocycles. The maximum Gasteiger partial charge on any atom is 0.416 e. The number of alkyl halides is 3. The Labute approximate surface area is 119 Å². The van der Waals surface area contributed by atoms with Gasteiger partial charge in [-0.15, -0.1) is 0 Å². The number of halogens is 4. The molecule has 0 saturated carbocycles. The Morgan fingerprint density at radius 3 is 2.42 bits per heavy atom. The monoisotopic (exact) mass is 338 g/mol. The highest BCUT2D eigenvalue weighted by Gasteiger charge is 2.31. The minimum atomic E-state index is -4.32. The van der Waals surface area contributed by atoms with E-state index in [2.05, 4.69) is 15.9 Å². The first kappa shape index (κ1) is 16.3. The van der Waals surface area contributed by atoms with Crippen molar-refractivity contribution in [2.45, 2.75) is 20.0 Å². The van der Waals surface area contributed by atoms with Gasteiger partial charge in [0.15, 0.2) is 0 Å². The van der Waals surface area contributed by atoms with E-state index in [-0.39, 0.29) is 5.92 Å². The molecule has 0 radical (unpaired) electrons. The molecule has 1 rings (SSSR count). The maximum atomic E-state index is 12.6. The topological polar surface area (TPSA) is 29.3 Å². The largest absolute Gasteiger partial charge is 0.416 e. The third-order valence-electron chi connectivity index (χ3n) is 2.93. The molecule has 0 fully saturated rings. The molecule has 0 aliphatic carbocycles. The Kier molecular flexibility index (Phi) is 5.67. The van der Waals surface area contributed by atoms with Crippen molar-refractivity contribution < 1.29 is 13.2 Å². The van der Waals surface area contributed by atoms with Gasteiger partial charge in [0.1, 0.15) is 0 Å². The van der Waals surface area contributed by atoms with Gasteiger partial charge in [0.2, 0.25) is 0 Å². The molecule has 0 saturated heterocycles. The molecular weight excluding hydrogens is 321 g/mol. The number of benzene rings is 1. The summed E-state index contributed by atoms with van der Waals surface area (Å²) in [4.78, 5) is 2.02. The molecule has 1 atom stereocenters. The van der Waals surface area contributed by atoms with Gasteiger partial charge in [-0.1, -0.05) is 6.92 Å². The predicted octanol–water partition coefficient (Wildman–Crippen LogP) is 3.89. The summed E-state index contributed by atoms with van der Waals surface area (Å²) >= 11 is 3.22. The van der Waals surface area contributed by atoms with Crippen LogP contribution in [0.4, 0.5) is 18.9 Å². The normalized spacial score (nSPS) is 13.4. The molecule has 1 aromatic carbocycles. The number of anilines is 1. The fourth-order valence-electron chi connectivity index (χ4n) is 1.79. The number of nitrogens with two attached hydrogens (primary N) is 1. The number of hydrogen-bond donors (Lipinski definition) is 1. The first-order chi connectivity index (χ1) is 8.79. The summed E-state index contributed by atoms with van der Waals surface area (Å²) < 4.78 is 38.2. The van der Waals surface area contributed by atoms with E-state index in [0.717, 1.165) is 24.4 Å². The average Bonchev–Trinajstić information content (AvgIpc) is 2.34. The Balaban J connectivity index is 3.00. The van der Waals surface area contributed by atoms with E-state index >= 15 is 0 Å². The van der Waals surface area contributed by atoms with Crippen LogP contribution in [0, 0.1) is 5.92 Å². The SMILES string of the molecule is CCN(CC(C)CN)c1ccc(C(F)(F)F)cc1Br. The zero-order chi connectivity index (χ0) is 14.6. The van der Waals surface area contributed by atoms with Gasteiger partial charge in [-0.05, 0) is 53.5 Å². The molecule has 0 aliphatic rings. The van der Waals surface area contributed by atoms with Crippen LogP contribution in [0.25, 0.3) is 0 Å². The van der Waals surface area contributed by atoms with Crippen molar-refractivity contribution in [1.82, 2.24) is 0 Å². The van der Waals surface area contributed by atoms with Crippen molar-refractivity contribution in [3.05, 3.63) is 28.2 Å². The van der Waals surface area contributed by atoms with E-state index < -0.39 is 11.7 Å². The molecule has 0 aliphatic heterocycles. The smallest absolute Gasteiger partial charge is 0.371 e. The van der Waals surface area contributed by atoms with Gasteiger partial charge in [-0.2, -0.15) is 13.2 Å². The molecule has 0 amide bonds. The van der Waals surface area contributed by atoms with Gasteiger partial charge in [-0.25, -0.2) is 0 Å². The van der Waals surface area contributed by atoms with Crippen molar-refractivity contribution in [2.75, 3.05) is 24.5 Å². The Bertz CT molecular complexity index is 421. The van der Waals surface area contributed by atoms with E-state index in [1.807, 2.05) is 18.7 Å². The van der Waals surface area contributed by atoms with Crippen molar-refractivity contribution in [3.63, 3.8) is 0 Å². The molecule has 0 bridgehead atoms. The zero-order valence-electron chi connectivity index (χ0n) is 11.0. The first-order valence-electron chi connectivity index (χ1n) is 6.11. The van der Waals surface area contributed by atoms with E-state index in [1.165, 1.54) is 6.07 Å². The minimum Gasteiger partial charge on any atom is -0.371 e. The molecule has 2 nitrogen and oxygen atoms in total. The zero-order valence-corrected chi connectivity index (χ0v) is 12.6. The van der Waals surface area contributed by atoms with Gasteiger partial charge in [0.05, 0.1) is 11.3 Å². The molecule has 1 aromatic rings. The van der Waals surface area contributed by atoms with E-state index in [9.17, 15) is 13.2 Å². The third kappa shape index (κ3) is 4.38. The van der Waals surface area contributed by atoms with Crippen LogP contribution < -0.4 is 10.6 Å². The molecule has 0 spiro atoms. The molecule has 2 N–H and O–H groups in total. The first-order valence-corrected chi connectivity index (χ1v) is 6.90. The molecule has 0 heterocycles. The lowest BCUT2D eigenvalue weighted by molar-refractivity contribution is -0.137. The highest BCUT2D eigenvalue weighted by Crippen LogP contribution is 2.35. The van der Waals surface area contributed by atoms with Crippen LogP contribution in [0.15, 0.2) is 22.7 Å². The van der Waals surface area contributed by atoms with E-state index in [1.54, 1.807) is 0 Å². The van der Waals surface area contributed by atoms with Crippen LogP contribution in [0.1, 0.15) is 19.4 Å². The summed E-state index contributed by atoms with van der Waals surface area (Å²) in [6.07, 6.45) is -4.32.